The Morgan fingerprint density at radius 1 is 1.22 bits per heavy atom. The molecule has 8 nitrogen and oxygen atoms in total. The van der Waals surface area contributed by atoms with E-state index in [1.165, 1.54) is 4.90 Å². The third-order valence-corrected chi connectivity index (χ3v) is 5.10. The van der Waals surface area contributed by atoms with Gasteiger partial charge in [-0.15, -0.1) is 0 Å². The van der Waals surface area contributed by atoms with Gasteiger partial charge in [0.2, 0.25) is 17.7 Å². The minimum atomic E-state index is -0.798. The van der Waals surface area contributed by atoms with Gasteiger partial charge in [-0.05, 0) is 43.9 Å². The molecule has 140 valence electrons. The molecular formula is C19H20N4O4. The molecule has 1 atom stereocenters. The molecule has 2 N–H and O–H groups in total. The second kappa shape index (κ2) is 6.61. The Hall–Kier alpha value is -3.03. The molecule has 27 heavy (non-hydrogen) atoms. The Morgan fingerprint density at radius 3 is 2.70 bits per heavy atom. The molecule has 2 heterocycles. The molecule has 1 saturated carbocycles. The number of amidine groups is 1. The van der Waals surface area contributed by atoms with E-state index >= 15 is 0 Å². The van der Waals surface area contributed by atoms with Crippen molar-refractivity contribution in [2.24, 2.45) is 10.9 Å². The van der Waals surface area contributed by atoms with Crippen molar-refractivity contribution in [3.8, 4) is 0 Å². The first-order valence-corrected chi connectivity index (χ1v) is 9.06. The Morgan fingerprint density at radius 2 is 2.00 bits per heavy atom. The van der Waals surface area contributed by atoms with E-state index in [-0.39, 0.29) is 30.6 Å². The van der Waals surface area contributed by atoms with Gasteiger partial charge in [0.15, 0.2) is 0 Å². The van der Waals surface area contributed by atoms with E-state index in [0.717, 1.165) is 18.4 Å². The van der Waals surface area contributed by atoms with Gasteiger partial charge in [-0.1, -0.05) is 6.07 Å². The van der Waals surface area contributed by atoms with Gasteiger partial charge in [0.1, 0.15) is 11.9 Å². The zero-order valence-corrected chi connectivity index (χ0v) is 14.9. The molecule has 2 aliphatic heterocycles. The summed E-state index contributed by atoms with van der Waals surface area (Å²) in [6.07, 6.45) is 2.13. The first kappa shape index (κ1) is 17.4. The van der Waals surface area contributed by atoms with Crippen molar-refractivity contribution < 1.29 is 19.2 Å². The number of imide groups is 1. The maximum absolute atomic E-state index is 13.3. The van der Waals surface area contributed by atoms with E-state index < -0.39 is 17.9 Å². The molecule has 3 aliphatic rings. The summed E-state index contributed by atoms with van der Waals surface area (Å²) < 4.78 is 0. The fraction of sp³-hybridized carbons (Fsp3) is 0.421. The standard InChI is InChI=1S/C19H20N4O4/c1-10-20-9-11-2-5-14(21-17(25)12-3-4-12)13(8-11)19(27)23(10)15-6-7-16(24)22-18(15)26/h2,5,8,12,15H,3-4,6-7,9H2,1H3,(H,21,25)(H,22,24,26). The van der Waals surface area contributed by atoms with Crippen molar-refractivity contribution in [3.63, 3.8) is 0 Å². The van der Waals surface area contributed by atoms with Crippen molar-refractivity contribution >= 4 is 35.2 Å². The maximum atomic E-state index is 13.3. The Balaban J connectivity index is 1.69. The number of nitrogens with one attached hydrogen (secondary N) is 2. The number of amides is 4. The summed E-state index contributed by atoms with van der Waals surface area (Å²) in [5.41, 5.74) is 1.62. The number of hydrogen-bond donors (Lipinski definition) is 2. The molecule has 1 aromatic carbocycles. The zero-order chi connectivity index (χ0) is 19.1. The number of aliphatic imine (C=N–C) groups is 1. The van der Waals surface area contributed by atoms with Crippen molar-refractivity contribution in [3.05, 3.63) is 29.3 Å². The Labute approximate surface area is 156 Å². The van der Waals surface area contributed by atoms with Crippen LogP contribution in [-0.4, -0.2) is 40.4 Å². The van der Waals surface area contributed by atoms with Gasteiger partial charge in [-0.3, -0.25) is 34.4 Å². The molecule has 0 spiro atoms. The van der Waals surface area contributed by atoms with E-state index in [9.17, 15) is 19.2 Å². The number of carbonyl (C=O) groups is 4. The van der Waals surface area contributed by atoms with Crippen LogP contribution in [0.1, 0.15) is 48.5 Å². The van der Waals surface area contributed by atoms with Gasteiger partial charge < -0.3 is 5.32 Å². The Bertz CT molecular complexity index is 888. The molecule has 1 aliphatic carbocycles. The van der Waals surface area contributed by atoms with Crippen LogP contribution in [0.15, 0.2) is 23.2 Å². The SMILES string of the molecule is CC1=NCc2ccc(NC(=O)C3CC3)c(c2)C(=O)N1C1CCC(=O)NC1=O. The third-order valence-electron chi connectivity index (χ3n) is 5.10. The second-order valence-corrected chi connectivity index (χ2v) is 7.15. The molecule has 1 aromatic rings. The van der Waals surface area contributed by atoms with E-state index in [4.69, 9.17) is 0 Å². The molecule has 1 saturated heterocycles. The molecule has 8 heteroatoms. The van der Waals surface area contributed by atoms with Crippen LogP contribution < -0.4 is 10.6 Å². The van der Waals surface area contributed by atoms with Crippen molar-refractivity contribution in [2.45, 2.75) is 45.2 Å². The molecular weight excluding hydrogens is 348 g/mol. The fourth-order valence-electron chi connectivity index (χ4n) is 3.41. The third kappa shape index (κ3) is 3.34. The molecule has 4 amide bonds. The molecule has 2 fully saturated rings. The predicted octanol–water partition coefficient (Wildman–Crippen LogP) is 1.21. The topological polar surface area (TPSA) is 108 Å². The van der Waals surface area contributed by atoms with Crippen LogP contribution in [0, 0.1) is 5.92 Å². The lowest BCUT2D eigenvalue weighted by atomic mass is 10.0. The van der Waals surface area contributed by atoms with Gasteiger partial charge in [-0.25, -0.2) is 0 Å². The number of carbonyl (C=O) groups excluding carboxylic acids is 4. The monoisotopic (exact) mass is 368 g/mol. The van der Waals surface area contributed by atoms with E-state index in [2.05, 4.69) is 15.6 Å². The number of anilines is 1. The van der Waals surface area contributed by atoms with Crippen LogP contribution in [0.5, 0.6) is 0 Å². The number of nitrogens with zero attached hydrogens (tertiary/aromatic N) is 2. The number of hydrogen-bond acceptors (Lipinski definition) is 5. The highest BCUT2D eigenvalue weighted by atomic mass is 16.2. The largest absolute Gasteiger partial charge is 0.325 e. The van der Waals surface area contributed by atoms with Crippen LogP contribution >= 0.6 is 0 Å². The van der Waals surface area contributed by atoms with Crippen molar-refractivity contribution in [1.29, 1.82) is 0 Å². The van der Waals surface area contributed by atoms with Crippen LogP contribution in [-0.2, 0) is 20.9 Å². The second-order valence-electron chi connectivity index (χ2n) is 7.15. The van der Waals surface area contributed by atoms with Crippen molar-refractivity contribution in [2.75, 3.05) is 5.32 Å². The summed E-state index contributed by atoms with van der Waals surface area (Å²) in [4.78, 5) is 55.0. The lowest BCUT2D eigenvalue weighted by Gasteiger charge is -2.34. The van der Waals surface area contributed by atoms with Gasteiger partial charge in [0.05, 0.1) is 17.8 Å². The highest BCUT2D eigenvalue weighted by Gasteiger charge is 2.38. The summed E-state index contributed by atoms with van der Waals surface area (Å²) >= 11 is 0. The summed E-state index contributed by atoms with van der Waals surface area (Å²) in [6, 6.07) is 4.45. The molecule has 4 rings (SSSR count). The average Bonchev–Trinajstić information content (AvgIpc) is 3.47. The molecule has 0 radical (unpaired) electrons. The smallest absolute Gasteiger partial charge is 0.262 e. The highest BCUT2D eigenvalue weighted by Crippen LogP contribution is 2.32. The van der Waals surface area contributed by atoms with E-state index in [1.54, 1.807) is 19.1 Å². The molecule has 2 bridgehead atoms. The van der Waals surface area contributed by atoms with Crippen molar-refractivity contribution in [1.82, 2.24) is 10.2 Å². The minimum absolute atomic E-state index is 0.00932. The van der Waals surface area contributed by atoms with Crippen LogP contribution in [0.3, 0.4) is 0 Å². The molecule has 1 unspecified atom stereocenters. The summed E-state index contributed by atoms with van der Waals surface area (Å²) in [5.74, 6) is -0.916. The van der Waals surface area contributed by atoms with Crippen LogP contribution in [0.25, 0.3) is 0 Å². The summed E-state index contributed by atoms with van der Waals surface area (Å²) in [7, 11) is 0. The quantitative estimate of drug-likeness (QED) is 0.782. The Kier molecular flexibility index (Phi) is 4.25. The number of rotatable bonds is 3. The first-order valence-electron chi connectivity index (χ1n) is 9.06. The minimum Gasteiger partial charge on any atom is -0.325 e. The van der Waals surface area contributed by atoms with Gasteiger partial charge in [0, 0.05) is 12.3 Å². The number of fused-ring (bicyclic) bond motifs is 2. The average molecular weight is 368 g/mol. The number of piperidine rings is 1. The van der Waals surface area contributed by atoms with E-state index in [1.807, 2.05) is 6.07 Å². The lowest BCUT2D eigenvalue weighted by Crippen LogP contribution is -2.56. The van der Waals surface area contributed by atoms with Crippen LogP contribution in [0.2, 0.25) is 0 Å². The van der Waals surface area contributed by atoms with Gasteiger partial charge in [-0.2, -0.15) is 0 Å². The maximum Gasteiger partial charge on any atom is 0.262 e. The first-order chi connectivity index (χ1) is 12.9. The zero-order valence-electron chi connectivity index (χ0n) is 14.9. The van der Waals surface area contributed by atoms with Crippen LogP contribution in [0.4, 0.5) is 5.69 Å². The van der Waals surface area contributed by atoms with Gasteiger partial charge >= 0.3 is 0 Å². The summed E-state index contributed by atoms with van der Waals surface area (Å²) in [5, 5.41) is 5.12. The fourth-order valence-corrected chi connectivity index (χ4v) is 3.41. The summed E-state index contributed by atoms with van der Waals surface area (Å²) in [6.45, 7) is 2.04. The highest BCUT2D eigenvalue weighted by molar-refractivity contribution is 6.14. The molecule has 0 aromatic heterocycles. The lowest BCUT2D eigenvalue weighted by molar-refractivity contribution is -0.136. The normalized spacial score (nSPS) is 22.6. The number of benzene rings is 1. The predicted molar refractivity (Wildman–Crippen MR) is 96.9 cm³/mol. The van der Waals surface area contributed by atoms with Gasteiger partial charge in [0.25, 0.3) is 5.91 Å². The van der Waals surface area contributed by atoms with E-state index in [0.29, 0.717) is 23.6 Å².